The van der Waals surface area contributed by atoms with Crippen LogP contribution in [0.5, 0.6) is 17.2 Å². The normalized spacial score (nSPS) is 12.0. The quantitative estimate of drug-likeness (QED) is 0.702. The van der Waals surface area contributed by atoms with Crippen molar-refractivity contribution in [2.75, 3.05) is 6.79 Å². The molecule has 2 heterocycles. The van der Waals surface area contributed by atoms with Crippen LogP contribution in [0.1, 0.15) is 21.1 Å². The number of aromatic nitrogens is 1. The van der Waals surface area contributed by atoms with E-state index in [2.05, 4.69) is 10.3 Å². The molecule has 0 atom stereocenters. The molecule has 2 aromatic carbocycles. The number of rotatable bonds is 6. The Labute approximate surface area is 158 Å². The molecule has 0 radical (unpaired) electrons. The summed E-state index contributed by atoms with van der Waals surface area (Å²) in [6, 6.07) is 11.3. The predicted molar refractivity (Wildman–Crippen MR) is 96.6 cm³/mol. The summed E-state index contributed by atoms with van der Waals surface area (Å²) in [7, 11) is 0. The van der Waals surface area contributed by atoms with Crippen molar-refractivity contribution in [3.8, 4) is 17.2 Å². The van der Waals surface area contributed by atoms with Crippen LogP contribution in [0.3, 0.4) is 0 Å². The van der Waals surface area contributed by atoms with E-state index < -0.39 is 0 Å². The van der Waals surface area contributed by atoms with Gasteiger partial charge < -0.3 is 19.5 Å². The second kappa shape index (κ2) is 7.63. The summed E-state index contributed by atoms with van der Waals surface area (Å²) in [6.45, 7) is 0.785. The second-order valence-electron chi connectivity index (χ2n) is 5.74. The van der Waals surface area contributed by atoms with Crippen molar-refractivity contribution >= 4 is 17.2 Å². The highest BCUT2D eigenvalue weighted by atomic mass is 32.1. The van der Waals surface area contributed by atoms with E-state index in [4.69, 9.17) is 14.2 Å². The number of halogens is 1. The molecule has 3 aromatic rings. The monoisotopic (exact) mass is 386 g/mol. The largest absolute Gasteiger partial charge is 0.486 e. The van der Waals surface area contributed by atoms with Gasteiger partial charge in [-0.25, -0.2) is 9.37 Å². The van der Waals surface area contributed by atoms with Crippen molar-refractivity contribution in [3.63, 3.8) is 0 Å². The first kappa shape index (κ1) is 17.3. The van der Waals surface area contributed by atoms with Gasteiger partial charge in [0.05, 0.1) is 0 Å². The van der Waals surface area contributed by atoms with Gasteiger partial charge in [-0.1, -0.05) is 6.07 Å². The Kier molecular flexibility index (Phi) is 4.88. The van der Waals surface area contributed by atoms with Crippen LogP contribution in [0.15, 0.2) is 47.8 Å². The number of carbonyl (C=O) groups excluding carboxylic acids is 1. The number of amides is 1. The van der Waals surface area contributed by atoms with Crippen molar-refractivity contribution in [3.05, 3.63) is 69.9 Å². The van der Waals surface area contributed by atoms with Crippen LogP contribution in [-0.4, -0.2) is 17.7 Å². The first-order chi connectivity index (χ1) is 13.2. The lowest BCUT2D eigenvalue weighted by Crippen LogP contribution is -2.23. The lowest BCUT2D eigenvalue weighted by Gasteiger charge is -2.05. The summed E-state index contributed by atoms with van der Waals surface area (Å²) in [5.74, 6) is 1.33. The first-order valence-electron chi connectivity index (χ1n) is 8.17. The molecule has 1 aliphatic rings. The van der Waals surface area contributed by atoms with Gasteiger partial charge >= 0.3 is 0 Å². The Morgan fingerprint density at radius 3 is 2.85 bits per heavy atom. The van der Waals surface area contributed by atoms with E-state index in [0.29, 0.717) is 34.5 Å². The van der Waals surface area contributed by atoms with Gasteiger partial charge in [0, 0.05) is 11.9 Å². The molecule has 1 aliphatic heterocycles. The number of nitrogens with zero attached hydrogens (tertiary/aromatic N) is 1. The molecule has 0 spiro atoms. The molecule has 27 heavy (non-hydrogen) atoms. The summed E-state index contributed by atoms with van der Waals surface area (Å²) in [4.78, 5) is 16.5. The smallest absolute Gasteiger partial charge is 0.271 e. The van der Waals surface area contributed by atoms with E-state index in [-0.39, 0.29) is 25.1 Å². The maximum absolute atomic E-state index is 12.9. The standard InChI is InChI=1S/C19H15FN2O4S/c20-13-2-4-14(5-3-13)24-9-18-22-15(10-27-18)19(23)21-8-12-1-6-16-17(7-12)26-11-25-16/h1-7,10H,8-9,11H2,(H,21,23). The Hall–Kier alpha value is -3.13. The Balaban J connectivity index is 1.31. The van der Waals surface area contributed by atoms with Crippen LogP contribution in [-0.2, 0) is 13.2 Å². The zero-order valence-corrected chi connectivity index (χ0v) is 14.9. The molecule has 0 bridgehead atoms. The van der Waals surface area contributed by atoms with Crippen LogP contribution in [0.25, 0.3) is 0 Å². The maximum Gasteiger partial charge on any atom is 0.271 e. The highest BCUT2D eigenvalue weighted by Gasteiger charge is 2.15. The third kappa shape index (κ3) is 4.17. The number of nitrogens with one attached hydrogen (secondary N) is 1. The lowest BCUT2D eigenvalue weighted by molar-refractivity contribution is 0.0946. The van der Waals surface area contributed by atoms with Crippen molar-refractivity contribution in [2.24, 2.45) is 0 Å². The maximum atomic E-state index is 12.9. The fourth-order valence-electron chi connectivity index (χ4n) is 2.48. The third-order valence-electron chi connectivity index (χ3n) is 3.85. The van der Waals surface area contributed by atoms with Gasteiger partial charge in [0.1, 0.15) is 28.9 Å². The van der Waals surface area contributed by atoms with Crippen molar-refractivity contribution in [2.45, 2.75) is 13.2 Å². The van der Waals surface area contributed by atoms with Crippen LogP contribution >= 0.6 is 11.3 Å². The van der Waals surface area contributed by atoms with Gasteiger partial charge in [0.25, 0.3) is 5.91 Å². The zero-order valence-electron chi connectivity index (χ0n) is 14.1. The number of ether oxygens (including phenoxy) is 3. The Morgan fingerprint density at radius 1 is 1.19 bits per heavy atom. The molecular weight excluding hydrogens is 371 g/mol. The first-order valence-corrected chi connectivity index (χ1v) is 9.05. The van der Waals surface area contributed by atoms with Crippen LogP contribution < -0.4 is 19.5 Å². The molecule has 4 rings (SSSR count). The van der Waals surface area contributed by atoms with Crippen molar-refractivity contribution in [1.82, 2.24) is 10.3 Å². The molecular formula is C19H15FN2O4S. The topological polar surface area (TPSA) is 69.7 Å². The summed E-state index contributed by atoms with van der Waals surface area (Å²) < 4.78 is 29.0. The van der Waals surface area contributed by atoms with Gasteiger partial charge in [-0.05, 0) is 42.0 Å². The van der Waals surface area contributed by atoms with E-state index in [0.717, 1.165) is 5.56 Å². The van der Waals surface area contributed by atoms with Crippen LogP contribution in [0.2, 0.25) is 0 Å². The van der Waals surface area contributed by atoms with E-state index in [1.54, 1.807) is 17.5 Å². The third-order valence-corrected chi connectivity index (χ3v) is 4.67. The van der Waals surface area contributed by atoms with Crippen molar-refractivity contribution in [1.29, 1.82) is 0 Å². The number of fused-ring (bicyclic) bond motifs is 1. The number of carbonyl (C=O) groups is 1. The summed E-state index contributed by atoms with van der Waals surface area (Å²) >= 11 is 1.33. The van der Waals surface area contributed by atoms with Gasteiger partial charge in [-0.3, -0.25) is 4.79 Å². The summed E-state index contributed by atoms with van der Waals surface area (Å²) in [5.41, 5.74) is 1.24. The molecule has 138 valence electrons. The molecule has 0 fully saturated rings. The van der Waals surface area contributed by atoms with Crippen LogP contribution in [0.4, 0.5) is 4.39 Å². The van der Waals surface area contributed by atoms with Gasteiger partial charge in [-0.2, -0.15) is 0 Å². The van der Waals surface area contributed by atoms with E-state index in [1.807, 2.05) is 18.2 Å². The average Bonchev–Trinajstić information content (AvgIpc) is 3.34. The fraction of sp³-hybridized carbons (Fsp3) is 0.158. The molecule has 8 heteroatoms. The predicted octanol–water partition coefficient (Wildman–Crippen LogP) is 3.52. The number of hydrogen-bond donors (Lipinski definition) is 1. The number of hydrogen-bond acceptors (Lipinski definition) is 6. The van der Waals surface area contributed by atoms with Crippen molar-refractivity contribution < 1.29 is 23.4 Å². The minimum absolute atomic E-state index is 0.214. The van der Waals surface area contributed by atoms with E-state index >= 15 is 0 Å². The average molecular weight is 386 g/mol. The highest BCUT2D eigenvalue weighted by molar-refractivity contribution is 7.09. The fourth-order valence-corrected chi connectivity index (χ4v) is 3.17. The molecule has 6 nitrogen and oxygen atoms in total. The number of benzene rings is 2. The van der Waals surface area contributed by atoms with Crippen LogP contribution in [0, 0.1) is 5.82 Å². The zero-order chi connectivity index (χ0) is 18.6. The lowest BCUT2D eigenvalue weighted by atomic mass is 10.2. The molecule has 0 saturated carbocycles. The molecule has 0 unspecified atom stereocenters. The summed E-state index contributed by atoms with van der Waals surface area (Å²) in [5, 5.41) is 5.16. The highest BCUT2D eigenvalue weighted by Crippen LogP contribution is 2.32. The minimum Gasteiger partial charge on any atom is -0.486 e. The van der Waals surface area contributed by atoms with Gasteiger partial charge in [0.15, 0.2) is 11.5 Å². The molecule has 1 N–H and O–H groups in total. The van der Waals surface area contributed by atoms with Gasteiger partial charge in [-0.15, -0.1) is 11.3 Å². The van der Waals surface area contributed by atoms with E-state index in [9.17, 15) is 9.18 Å². The molecule has 0 saturated heterocycles. The minimum atomic E-state index is -0.321. The Morgan fingerprint density at radius 2 is 2.00 bits per heavy atom. The van der Waals surface area contributed by atoms with Gasteiger partial charge in [0.2, 0.25) is 6.79 Å². The summed E-state index contributed by atoms with van der Waals surface area (Å²) in [6.07, 6.45) is 0. The Bertz CT molecular complexity index is 959. The SMILES string of the molecule is O=C(NCc1ccc2c(c1)OCO2)c1csc(COc2ccc(F)cc2)n1. The second-order valence-corrected chi connectivity index (χ2v) is 6.68. The van der Waals surface area contributed by atoms with E-state index in [1.165, 1.54) is 23.5 Å². The molecule has 0 aliphatic carbocycles. The number of thiazole rings is 1. The molecule has 1 amide bonds. The molecule has 1 aromatic heterocycles.